The molecule has 0 saturated carbocycles. The highest BCUT2D eigenvalue weighted by atomic mass is 19.1. The quantitative estimate of drug-likeness (QED) is 0.587. The zero-order chi connectivity index (χ0) is 21.6. The average Bonchev–Trinajstić information content (AvgIpc) is 3.01. The Bertz CT molecular complexity index is 1010. The molecule has 2 atom stereocenters. The largest absolute Gasteiger partial charge is 0.510 e. The van der Waals surface area contributed by atoms with Gasteiger partial charge >= 0.3 is 5.97 Å². The third-order valence-electron chi connectivity index (χ3n) is 5.11. The third-order valence-corrected chi connectivity index (χ3v) is 5.11. The topological polar surface area (TPSA) is 119 Å². The van der Waals surface area contributed by atoms with E-state index in [9.17, 15) is 33.4 Å². The molecule has 3 aliphatic rings. The van der Waals surface area contributed by atoms with Gasteiger partial charge in [0.25, 0.3) is 5.91 Å². The number of nitrogens with one attached hydrogen (secondary N) is 1. The fourth-order valence-corrected chi connectivity index (χ4v) is 3.65. The van der Waals surface area contributed by atoms with Crippen LogP contribution in [0.15, 0.2) is 41.4 Å². The molecule has 2 fully saturated rings. The number of esters is 1. The number of ether oxygens (including phenoxy) is 1. The summed E-state index contributed by atoms with van der Waals surface area (Å²) in [5, 5.41) is 22.2. The molecule has 0 radical (unpaired) electrons. The number of benzene rings is 1. The molecule has 4 rings (SSSR count). The number of hydrogen-bond donors (Lipinski definition) is 3. The zero-order valence-corrected chi connectivity index (χ0v) is 15.5. The van der Waals surface area contributed by atoms with Gasteiger partial charge < -0.3 is 25.2 Å². The SMILES string of the molecule is O=C(NCc1ccc(F)cc1F)C1=CN2CC3OC(=O)C(CO)N3C(=O)C2=C(O)C1. The number of halogens is 2. The van der Waals surface area contributed by atoms with Crippen molar-refractivity contribution < 1.29 is 38.1 Å². The van der Waals surface area contributed by atoms with Gasteiger partial charge in [-0.1, -0.05) is 6.07 Å². The van der Waals surface area contributed by atoms with Crippen LogP contribution in [0.25, 0.3) is 0 Å². The summed E-state index contributed by atoms with van der Waals surface area (Å²) in [4.78, 5) is 39.4. The zero-order valence-electron chi connectivity index (χ0n) is 15.5. The van der Waals surface area contributed by atoms with Gasteiger partial charge in [0, 0.05) is 36.4 Å². The van der Waals surface area contributed by atoms with Crippen LogP contribution >= 0.6 is 0 Å². The van der Waals surface area contributed by atoms with Crippen LogP contribution in [0.2, 0.25) is 0 Å². The number of nitrogens with zero attached hydrogens (tertiary/aromatic N) is 2. The molecule has 0 aromatic heterocycles. The Labute approximate surface area is 168 Å². The maximum absolute atomic E-state index is 13.7. The van der Waals surface area contributed by atoms with Crippen LogP contribution in [-0.4, -0.2) is 63.2 Å². The summed E-state index contributed by atoms with van der Waals surface area (Å²) in [6.07, 6.45) is 0.123. The molecule has 1 aromatic carbocycles. The predicted molar refractivity (Wildman–Crippen MR) is 94.9 cm³/mol. The van der Waals surface area contributed by atoms with Crippen LogP contribution in [0.1, 0.15) is 12.0 Å². The van der Waals surface area contributed by atoms with Crippen molar-refractivity contribution in [3.63, 3.8) is 0 Å². The number of fused-ring (bicyclic) bond motifs is 2. The fraction of sp³-hybridized carbons (Fsp3) is 0.316. The second-order valence-electron chi connectivity index (χ2n) is 7.00. The number of rotatable bonds is 4. The maximum Gasteiger partial charge on any atom is 0.333 e. The lowest BCUT2D eigenvalue weighted by molar-refractivity contribution is -0.146. The number of carbonyl (C=O) groups excluding carboxylic acids is 3. The number of hydrogen-bond acceptors (Lipinski definition) is 7. The van der Waals surface area contributed by atoms with E-state index in [-0.39, 0.29) is 42.1 Å². The van der Waals surface area contributed by atoms with E-state index in [1.54, 1.807) is 0 Å². The lowest BCUT2D eigenvalue weighted by Gasteiger charge is -2.39. The molecule has 0 bridgehead atoms. The van der Waals surface area contributed by atoms with Crippen LogP contribution in [0, 0.1) is 11.6 Å². The molecule has 2 unspecified atom stereocenters. The first-order valence-electron chi connectivity index (χ1n) is 9.05. The highest BCUT2D eigenvalue weighted by Gasteiger charge is 2.51. The van der Waals surface area contributed by atoms with E-state index in [1.807, 2.05) is 0 Å². The number of amides is 2. The summed E-state index contributed by atoms with van der Waals surface area (Å²) in [6.45, 7) is -0.847. The van der Waals surface area contributed by atoms with Gasteiger partial charge in [0.05, 0.1) is 13.2 Å². The minimum atomic E-state index is -1.15. The third kappa shape index (κ3) is 3.26. The minimum Gasteiger partial charge on any atom is -0.510 e. The Balaban J connectivity index is 1.50. The highest BCUT2D eigenvalue weighted by molar-refractivity contribution is 6.00. The summed E-state index contributed by atoms with van der Waals surface area (Å²) in [5.41, 5.74) is 0.0745. The van der Waals surface area contributed by atoms with Crippen LogP contribution in [0.5, 0.6) is 0 Å². The molecule has 0 aliphatic carbocycles. The lowest BCUT2D eigenvalue weighted by Crippen LogP contribution is -2.55. The monoisotopic (exact) mass is 421 g/mol. The first-order valence-corrected chi connectivity index (χ1v) is 9.05. The number of aliphatic hydroxyl groups excluding tert-OH is 2. The fourth-order valence-electron chi connectivity index (χ4n) is 3.65. The molecule has 2 amide bonds. The molecule has 11 heteroatoms. The molecule has 9 nitrogen and oxygen atoms in total. The number of allylic oxidation sites excluding steroid dienone is 1. The molecule has 3 heterocycles. The summed E-state index contributed by atoms with van der Waals surface area (Å²) >= 11 is 0. The van der Waals surface area contributed by atoms with Crippen molar-refractivity contribution in [1.29, 1.82) is 0 Å². The Hall–Kier alpha value is -3.47. The van der Waals surface area contributed by atoms with Gasteiger partial charge in [-0.25, -0.2) is 13.6 Å². The first kappa shape index (κ1) is 19.8. The molecular formula is C19H17F2N3O6. The molecule has 158 valence electrons. The number of piperazine rings is 1. The number of aliphatic hydroxyl groups is 2. The molecule has 0 spiro atoms. The van der Waals surface area contributed by atoms with Crippen LogP contribution < -0.4 is 5.32 Å². The van der Waals surface area contributed by atoms with Gasteiger partial charge in [0.15, 0.2) is 12.3 Å². The van der Waals surface area contributed by atoms with Gasteiger partial charge in [-0.3, -0.25) is 14.5 Å². The summed E-state index contributed by atoms with van der Waals surface area (Å²) in [6, 6.07) is 1.83. The predicted octanol–water partition coefficient (Wildman–Crippen LogP) is 0.0262. The molecule has 3 N–H and O–H groups in total. The molecule has 3 aliphatic heterocycles. The summed E-state index contributed by atoms with van der Waals surface area (Å²) in [7, 11) is 0. The van der Waals surface area contributed by atoms with Crippen molar-refractivity contribution in [2.75, 3.05) is 13.2 Å². The standard InChI is InChI=1S/C19H17F2N3O6/c20-11-2-1-9(12(21)4-11)5-22-17(27)10-3-14(26)16-18(28)24-13(8-25)19(29)30-15(24)7-23(16)6-10/h1-2,4,6,13,15,25-26H,3,5,7-8H2,(H,22,27). The van der Waals surface area contributed by atoms with Crippen molar-refractivity contribution in [3.8, 4) is 0 Å². The Morgan fingerprint density at radius 1 is 1.30 bits per heavy atom. The van der Waals surface area contributed by atoms with E-state index in [0.717, 1.165) is 11.0 Å². The van der Waals surface area contributed by atoms with Crippen molar-refractivity contribution in [2.45, 2.75) is 25.2 Å². The molecule has 2 saturated heterocycles. The van der Waals surface area contributed by atoms with Gasteiger partial charge in [-0.2, -0.15) is 0 Å². The van der Waals surface area contributed by atoms with Crippen LogP contribution in [-0.2, 0) is 25.7 Å². The summed E-state index contributed by atoms with van der Waals surface area (Å²) < 4.78 is 31.8. The Kier molecular flexibility index (Phi) is 4.90. The van der Waals surface area contributed by atoms with Crippen LogP contribution in [0.4, 0.5) is 8.78 Å². The van der Waals surface area contributed by atoms with Gasteiger partial charge in [-0.05, 0) is 6.07 Å². The van der Waals surface area contributed by atoms with Crippen LogP contribution in [0.3, 0.4) is 0 Å². The van der Waals surface area contributed by atoms with Crippen molar-refractivity contribution >= 4 is 17.8 Å². The first-order chi connectivity index (χ1) is 14.3. The van der Waals surface area contributed by atoms with E-state index in [1.165, 1.54) is 17.2 Å². The van der Waals surface area contributed by atoms with E-state index < -0.39 is 48.3 Å². The average molecular weight is 421 g/mol. The van der Waals surface area contributed by atoms with E-state index >= 15 is 0 Å². The smallest absolute Gasteiger partial charge is 0.333 e. The van der Waals surface area contributed by atoms with Crippen molar-refractivity contribution in [2.24, 2.45) is 0 Å². The van der Waals surface area contributed by atoms with Gasteiger partial charge in [-0.15, -0.1) is 0 Å². The number of carbonyl (C=O) groups is 3. The minimum absolute atomic E-state index is 0.0310. The lowest BCUT2D eigenvalue weighted by atomic mass is 10.0. The highest BCUT2D eigenvalue weighted by Crippen LogP contribution is 2.34. The molecule has 1 aromatic rings. The van der Waals surface area contributed by atoms with Gasteiger partial charge in [0.2, 0.25) is 5.91 Å². The van der Waals surface area contributed by atoms with E-state index in [4.69, 9.17) is 4.74 Å². The van der Waals surface area contributed by atoms with Crippen molar-refractivity contribution in [3.05, 3.63) is 58.6 Å². The molecule has 30 heavy (non-hydrogen) atoms. The maximum atomic E-state index is 13.7. The van der Waals surface area contributed by atoms with E-state index in [2.05, 4.69) is 5.32 Å². The Morgan fingerprint density at radius 3 is 2.77 bits per heavy atom. The van der Waals surface area contributed by atoms with Gasteiger partial charge in [0.1, 0.15) is 23.1 Å². The van der Waals surface area contributed by atoms with E-state index in [0.29, 0.717) is 6.07 Å². The van der Waals surface area contributed by atoms with Crippen molar-refractivity contribution in [1.82, 2.24) is 15.1 Å². The summed E-state index contributed by atoms with van der Waals surface area (Å²) in [5.74, 6) is -3.98. The molecular weight excluding hydrogens is 404 g/mol. The second-order valence-corrected chi connectivity index (χ2v) is 7.00. The Morgan fingerprint density at radius 2 is 2.07 bits per heavy atom. The normalized spacial score (nSPS) is 23.1. The second kappa shape index (κ2) is 7.41.